The van der Waals surface area contributed by atoms with Crippen molar-refractivity contribution in [2.24, 2.45) is 7.05 Å². The van der Waals surface area contributed by atoms with Gasteiger partial charge in [0.05, 0.1) is 0 Å². The molecule has 2 heteroatoms. The van der Waals surface area contributed by atoms with Crippen LogP contribution in [0.5, 0.6) is 0 Å². The quantitative estimate of drug-likeness (QED) is 0.610. The minimum Gasteiger partial charge on any atom is -0.385 e. The van der Waals surface area contributed by atoms with Crippen LogP contribution in [0, 0.1) is 13.8 Å². The fraction of sp³-hybridized carbons (Fsp3) is 0.556. The van der Waals surface area contributed by atoms with E-state index in [1.807, 2.05) is 38.6 Å². The van der Waals surface area contributed by atoms with Gasteiger partial charge in [0.1, 0.15) is 5.82 Å². The summed E-state index contributed by atoms with van der Waals surface area (Å²) in [5.74, 6) is 0.868. The van der Waals surface area contributed by atoms with Crippen LogP contribution in [0.1, 0.15) is 25.0 Å². The second kappa shape index (κ2) is 4.06. The molecule has 0 atom stereocenters. The summed E-state index contributed by atoms with van der Waals surface area (Å²) >= 11 is 0. The number of hydrogen-bond acceptors (Lipinski definition) is 1. The number of anilines is 1. The van der Waals surface area contributed by atoms with Crippen LogP contribution in [0.4, 0.5) is 5.82 Å². The van der Waals surface area contributed by atoms with E-state index in [0.717, 1.165) is 5.82 Å². The van der Waals surface area contributed by atoms with E-state index in [9.17, 15) is 0 Å². The van der Waals surface area contributed by atoms with Crippen LogP contribution >= 0.6 is 0 Å². The molecule has 0 fully saturated rings. The molecule has 64 valence electrons. The van der Waals surface area contributed by atoms with Gasteiger partial charge in [0, 0.05) is 13.2 Å². The molecule has 2 nitrogen and oxygen atoms in total. The lowest BCUT2D eigenvalue weighted by Crippen LogP contribution is -1.94. The number of nitrogen functional groups attached to an aromatic ring is 1. The van der Waals surface area contributed by atoms with Crippen LogP contribution in [0.3, 0.4) is 0 Å². The van der Waals surface area contributed by atoms with Crippen LogP contribution in [0.15, 0.2) is 6.20 Å². The minimum atomic E-state index is 0.868. The largest absolute Gasteiger partial charge is 0.385 e. The number of nitrogens with zero attached hydrogens (tertiary/aromatic N) is 1. The van der Waals surface area contributed by atoms with Gasteiger partial charge < -0.3 is 10.3 Å². The molecule has 0 aliphatic carbocycles. The summed E-state index contributed by atoms with van der Waals surface area (Å²) in [7, 11) is 1.95. The normalized spacial score (nSPS) is 8.82. The lowest BCUT2D eigenvalue weighted by Gasteiger charge is -1.93. The van der Waals surface area contributed by atoms with Crippen LogP contribution in [-0.4, -0.2) is 4.57 Å². The maximum absolute atomic E-state index is 5.67. The highest BCUT2D eigenvalue weighted by Crippen LogP contribution is 2.15. The zero-order chi connectivity index (χ0) is 9.02. The van der Waals surface area contributed by atoms with Gasteiger partial charge in [-0.1, -0.05) is 13.8 Å². The molecule has 2 N–H and O–H groups in total. The van der Waals surface area contributed by atoms with E-state index in [1.165, 1.54) is 11.1 Å². The molecule has 0 unspecified atom stereocenters. The average Bonchev–Trinajstić information content (AvgIpc) is 2.22. The van der Waals surface area contributed by atoms with Gasteiger partial charge in [-0.2, -0.15) is 0 Å². The second-order valence-corrected chi connectivity index (χ2v) is 2.43. The molecular weight excluding hydrogens is 136 g/mol. The third-order valence-corrected chi connectivity index (χ3v) is 1.74. The fourth-order valence-electron chi connectivity index (χ4n) is 0.923. The van der Waals surface area contributed by atoms with Crippen molar-refractivity contribution in [2.75, 3.05) is 5.73 Å². The predicted octanol–water partition coefficient (Wildman–Crippen LogP) is 2.25. The van der Waals surface area contributed by atoms with E-state index in [-0.39, 0.29) is 0 Å². The Morgan fingerprint density at radius 1 is 1.27 bits per heavy atom. The first-order valence-corrected chi connectivity index (χ1v) is 4.01. The smallest absolute Gasteiger partial charge is 0.106 e. The third kappa shape index (κ3) is 2.00. The molecule has 1 rings (SSSR count). The van der Waals surface area contributed by atoms with E-state index in [2.05, 4.69) is 6.92 Å². The monoisotopic (exact) mass is 154 g/mol. The summed E-state index contributed by atoms with van der Waals surface area (Å²) < 4.78 is 1.94. The van der Waals surface area contributed by atoms with E-state index in [4.69, 9.17) is 5.73 Å². The topological polar surface area (TPSA) is 30.9 Å². The molecular formula is C9H18N2. The van der Waals surface area contributed by atoms with Crippen molar-refractivity contribution >= 4 is 5.82 Å². The first-order chi connectivity index (χ1) is 5.13. The van der Waals surface area contributed by atoms with Crippen molar-refractivity contribution in [3.63, 3.8) is 0 Å². The molecule has 0 aliphatic rings. The van der Waals surface area contributed by atoms with Gasteiger partial charge in [-0.15, -0.1) is 0 Å². The Labute approximate surface area is 69.0 Å². The van der Waals surface area contributed by atoms with Crippen LogP contribution in [0.25, 0.3) is 0 Å². The zero-order valence-corrected chi connectivity index (χ0v) is 8.10. The van der Waals surface area contributed by atoms with Gasteiger partial charge in [-0.25, -0.2) is 0 Å². The summed E-state index contributed by atoms with van der Waals surface area (Å²) in [6.45, 7) is 8.09. The molecule has 0 aromatic carbocycles. The van der Waals surface area contributed by atoms with E-state index in [0.29, 0.717) is 0 Å². The predicted molar refractivity (Wildman–Crippen MR) is 50.6 cm³/mol. The van der Waals surface area contributed by atoms with E-state index >= 15 is 0 Å². The van der Waals surface area contributed by atoms with Gasteiger partial charge >= 0.3 is 0 Å². The molecule has 0 bridgehead atoms. The van der Waals surface area contributed by atoms with Crippen molar-refractivity contribution in [2.45, 2.75) is 27.7 Å². The maximum Gasteiger partial charge on any atom is 0.106 e. The van der Waals surface area contributed by atoms with Crippen LogP contribution in [-0.2, 0) is 7.05 Å². The summed E-state index contributed by atoms with van der Waals surface area (Å²) in [5.41, 5.74) is 8.12. The molecule has 0 radical (unpaired) electrons. The molecule has 1 heterocycles. The van der Waals surface area contributed by atoms with Crippen molar-refractivity contribution in [1.82, 2.24) is 4.57 Å². The highest BCUT2D eigenvalue weighted by Gasteiger charge is 2.00. The van der Waals surface area contributed by atoms with Gasteiger partial charge in [-0.3, -0.25) is 0 Å². The molecule has 1 aromatic heterocycles. The Morgan fingerprint density at radius 3 is 1.82 bits per heavy atom. The standard InChI is InChI=1S/C7H12N2.C2H6/c1-5-4-9(3)7(8)6(5)2;1-2/h4H,8H2,1-3H3;1-2H3. The molecule has 0 saturated carbocycles. The van der Waals surface area contributed by atoms with Gasteiger partial charge in [0.25, 0.3) is 0 Å². The minimum absolute atomic E-state index is 0.868. The Hall–Kier alpha value is -0.920. The molecule has 0 amide bonds. The lowest BCUT2D eigenvalue weighted by molar-refractivity contribution is 0.936. The van der Waals surface area contributed by atoms with Crippen molar-refractivity contribution in [1.29, 1.82) is 0 Å². The molecule has 0 aliphatic heterocycles. The maximum atomic E-state index is 5.67. The summed E-state index contributed by atoms with van der Waals surface area (Å²) in [4.78, 5) is 0. The second-order valence-electron chi connectivity index (χ2n) is 2.43. The molecule has 11 heavy (non-hydrogen) atoms. The van der Waals surface area contributed by atoms with Gasteiger partial charge in [0.15, 0.2) is 0 Å². The SMILES string of the molecule is CC.Cc1cn(C)c(N)c1C. The molecule has 0 spiro atoms. The molecule has 0 saturated heterocycles. The lowest BCUT2D eigenvalue weighted by atomic mass is 10.2. The van der Waals surface area contributed by atoms with Gasteiger partial charge in [0.2, 0.25) is 0 Å². The van der Waals surface area contributed by atoms with Crippen molar-refractivity contribution in [3.05, 3.63) is 17.3 Å². The Balaban J connectivity index is 0.000000461. The Kier molecular flexibility index (Phi) is 3.72. The van der Waals surface area contributed by atoms with Gasteiger partial charge in [-0.05, 0) is 25.0 Å². The van der Waals surface area contributed by atoms with Crippen molar-refractivity contribution in [3.8, 4) is 0 Å². The Bertz CT molecular complexity index is 201. The average molecular weight is 154 g/mol. The first kappa shape index (κ1) is 10.1. The Morgan fingerprint density at radius 2 is 1.73 bits per heavy atom. The summed E-state index contributed by atoms with van der Waals surface area (Å²) in [5, 5.41) is 0. The fourth-order valence-corrected chi connectivity index (χ4v) is 0.923. The van der Waals surface area contributed by atoms with Crippen molar-refractivity contribution < 1.29 is 0 Å². The summed E-state index contributed by atoms with van der Waals surface area (Å²) in [6, 6.07) is 0. The molecule has 1 aromatic rings. The first-order valence-electron chi connectivity index (χ1n) is 4.01. The number of aromatic nitrogens is 1. The summed E-state index contributed by atoms with van der Waals surface area (Å²) in [6.07, 6.45) is 2.03. The highest BCUT2D eigenvalue weighted by molar-refractivity contribution is 5.45. The zero-order valence-electron chi connectivity index (χ0n) is 8.10. The number of rotatable bonds is 0. The van der Waals surface area contributed by atoms with E-state index < -0.39 is 0 Å². The number of hydrogen-bond donors (Lipinski definition) is 1. The highest BCUT2D eigenvalue weighted by atomic mass is 15.0. The van der Waals surface area contributed by atoms with Crippen LogP contribution < -0.4 is 5.73 Å². The van der Waals surface area contributed by atoms with E-state index in [1.54, 1.807) is 0 Å². The third-order valence-electron chi connectivity index (χ3n) is 1.74. The number of aryl methyl sites for hydroxylation is 2. The number of nitrogens with two attached hydrogens (primary N) is 1. The van der Waals surface area contributed by atoms with Crippen LogP contribution in [0.2, 0.25) is 0 Å².